The van der Waals surface area contributed by atoms with Crippen molar-refractivity contribution in [2.45, 2.75) is 31.7 Å². The summed E-state index contributed by atoms with van der Waals surface area (Å²) in [7, 11) is 0. The van der Waals surface area contributed by atoms with Gasteiger partial charge in [-0.15, -0.1) is 0 Å². The molecule has 1 aromatic carbocycles. The molecule has 1 amide bonds. The number of aliphatic hydroxyl groups excluding tert-OH is 1. The molecular weight excluding hydrogens is 242 g/mol. The molecule has 2 rings (SSSR count). The molecule has 0 atom stereocenters. The van der Waals surface area contributed by atoms with E-state index in [0.717, 1.165) is 12.8 Å². The largest absolute Gasteiger partial charge is 0.484 e. The highest BCUT2D eigenvalue weighted by Gasteiger charge is 2.26. The number of aliphatic hydroxyl groups is 1. The van der Waals surface area contributed by atoms with Crippen LogP contribution in [0.3, 0.4) is 0 Å². The first-order valence-electron chi connectivity index (χ1n) is 6.89. The molecule has 104 valence electrons. The number of carbonyl (C=O) groups is 1. The minimum absolute atomic E-state index is 0.00752. The third-order valence-corrected chi connectivity index (χ3v) is 3.53. The van der Waals surface area contributed by atoms with E-state index < -0.39 is 0 Å². The smallest absolute Gasteiger partial charge is 0.260 e. The van der Waals surface area contributed by atoms with Crippen molar-refractivity contribution in [2.75, 3.05) is 19.8 Å². The molecule has 1 aliphatic rings. The maximum atomic E-state index is 12.2. The number of rotatable bonds is 6. The van der Waals surface area contributed by atoms with Crippen LogP contribution in [0.2, 0.25) is 0 Å². The van der Waals surface area contributed by atoms with Crippen LogP contribution in [0.25, 0.3) is 0 Å². The average Bonchev–Trinajstić information content (AvgIpc) is 2.97. The Morgan fingerprint density at radius 3 is 2.58 bits per heavy atom. The van der Waals surface area contributed by atoms with Gasteiger partial charge in [-0.3, -0.25) is 4.79 Å². The fourth-order valence-electron chi connectivity index (χ4n) is 2.58. The molecule has 1 aliphatic carbocycles. The molecule has 19 heavy (non-hydrogen) atoms. The normalized spacial score (nSPS) is 15.4. The highest BCUT2D eigenvalue weighted by molar-refractivity contribution is 5.78. The van der Waals surface area contributed by atoms with E-state index in [1.165, 1.54) is 12.8 Å². The molecule has 0 unspecified atom stereocenters. The quantitative estimate of drug-likeness (QED) is 0.852. The van der Waals surface area contributed by atoms with E-state index in [1.807, 2.05) is 30.3 Å². The van der Waals surface area contributed by atoms with Crippen LogP contribution in [0, 0.1) is 0 Å². The Hall–Kier alpha value is -1.55. The SMILES string of the molecule is O=C(COc1ccccc1)N(CCO)C1CCCC1. The molecule has 4 nitrogen and oxygen atoms in total. The molecule has 0 spiro atoms. The van der Waals surface area contributed by atoms with Gasteiger partial charge in [0, 0.05) is 12.6 Å². The fraction of sp³-hybridized carbons (Fsp3) is 0.533. The second-order valence-corrected chi connectivity index (χ2v) is 4.85. The molecule has 1 aromatic rings. The summed E-state index contributed by atoms with van der Waals surface area (Å²) in [6.45, 7) is 0.454. The molecule has 0 aromatic heterocycles. The monoisotopic (exact) mass is 263 g/mol. The maximum absolute atomic E-state index is 12.2. The first kappa shape index (κ1) is 13.9. The van der Waals surface area contributed by atoms with Crippen LogP contribution in [-0.4, -0.2) is 41.7 Å². The first-order chi connectivity index (χ1) is 9.31. The zero-order valence-corrected chi connectivity index (χ0v) is 11.1. The van der Waals surface area contributed by atoms with E-state index >= 15 is 0 Å². The third-order valence-electron chi connectivity index (χ3n) is 3.53. The number of ether oxygens (including phenoxy) is 1. The van der Waals surface area contributed by atoms with E-state index in [9.17, 15) is 4.79 Å². The van der Waals surface area contributed by atoms with E-state index in [1.54, 1.807) is 4.90 Å². The highest BCUT2D eigenvalue weighted by atomic mass is 16.5. The minimum atomic E-state index is -0.0372. The van der Waals surface area contributed by atoms with Crippen molar-refractivity contribution in [1.29, 1.82) is 0 Å². The van der Waals surface area contributed by atoms with Crippen LogP contribution in [0.5, 0.6) is 5.75 Å². The molecule has 1 fully saturated rings. The molecule has 1 saturated carbocycles. The Kier molecular flexibility index (Phi) is 5.21. The maximum Gasteiger partial charge on any atom is 0.260 e. The van der Waals surface area contributed by atoms with Gasteiger partial charge < -0.3 is 14.7 Å². The van der Waals surface area contributed by atoms with Crippen molar-refractivity contribution >= 4 is 5.91 Å². The van der Waals surface area contributed by atoms with E-state index in [4.69, 9.17) is 9.84 Å². The van der Waals surface area contributed by atoms with Crippen molar-refractivity contribution in [3.8, 4) is 5.75 Å². The van der Waals surface area contributed by atoms with Gasteiger partial charge in [-0.2, -0.15) is 0 Å². The summed E-state index contributed by atoms with van der Waals surface area (Å²) in [6.07, 6.45) is 4.41. The van der Waals surface area contributed by atoms with Gasteiger partial charge in [0.2, 0.25) is 0 Å². The van der Waals surface area contributed by atoms with E-state index in [2.05, 4.69) is 0 Å². The van der Waals surface area contributed by atoms with Crippen molar-refractivity contribution in [1.82, 2.24) is 4.90 Å². The summed E-state index contributed by atoms with van der Waals surface area (Å²) in [5, 5.41) is 9.10. The molecule has 0 aliphatic heterocycles. The number of amides is 1. The van der Waals surface area contributed by atoms with Crippen molar-refractivity contribution in [3.05, 3.63) is 30.3 Å². The molecule has 0 heterocycles. The molecule has 0 bridgehead atoms. The summed E-state index contributed by atoms with van der Waals surface area (Å²) in [6, 6.07) is 9.60. The summed E-state index contributed by atoms with van der Waals surface area (Å²) in [5.41, 5.74) is 0. The van der Waals surface area contributed by atoms with Gasteiger partial charge in [-0.25, -0.2) is 0 Å². The summed E-state index contributed by atoms with van der Waals surface area (Å²) in [5.74, 6) is 0.663. The summed E-state index contributed by atoms with van der Waals surface area (Å²) >= 11 is 0. The van der Waals surface area contributed by atoms with Gasteiger partial charge in [-0.1, -0.05) is 31.0 Å². The molecule has 1 N–H and O–H groups in total. The van der Waals surface area contributed by atoms with Gasteiger partial charge in [0.05, 0.1) is 6.61 Å². The van der Waals surface area contributed by atoms with Gasteiger partial charge in [0.25, 0.3) is 5.91 Å². The number of hydrogen-bond acceptors (Lipinski definition) is 3. The van der Waals surface area contributed by atoms with Crippen LogP contribution in [-0.2, 0) is 4.79 Å². The zero-order valence-electron chi connectivity index (χ0n) is 11.1. The van der Waals surface area contributed by atoms with Crippen molar-refractivity contribution in [3.63, 3.8) is 0 Å². The first-order valence-corrected chi connectivity index (χ1v) is 6.89. The highest BCUT2D eigenvalue weighted by Crippen LogP contribution is 2.23. The number of carbonyl (C=O) groups excluding carboxylic acids is 1. The van der Waals surface area contributed by atoms with Crippen LogP contribution in [0.4, 0.5) is 0 Å². The topological polar surface area (TPSA) is 49.8 Å². The fourth-order valence-corrected chi connectivity index (χ4v) is 2.58. The lowest BCUT2D eigenvalue weighted by Gasteiger charge is -2.28. The Morgan fingerprint density at radius 2 is 1.95 bits per heavy atom. The van der Waals surface area contributed by atoms with E-state index in [0.29, 0.717) is 12.3 Å². The Balaban J connectivity index is 1.88. The molecular formula is C15H21NO3. The number of hydrogen-bond donors (Lipinski definition) is 1. The lowest BCUT2D eigenvalue weighted by Crippen LogP contribution is -2.43. The van der Waals surface area contributed by atoms with Gasteiger partial charge in [0.15, 0.2) is 6.61 Å². The van der Waals surface area contributed by atoms with E-state index in [-0.39, 0.29) is 25.2 Å². The molecule has 4 heteroatoms. The van der Waals surface area contributed by atoms with Gasteiger partial charge in [0.1, 0.15) is 5.75 Å². The Morgan fingerprint density at radius 1 is 1.26 bits per heavy atom. The minimum Gasteiger partial charge on any atom is -0.484 e. The van der Waals surface area contributed by atoms with Crippen LogP contribution in [0.15, 0.2) is 30.3 Å². The standard InChI is InChI=1S/C15H21NO3/c17-11-10-16(13-6-4-5-7-13)15(18)12-19-14-8-2-1-3-9-14/h1-3,8-9,13,17H,4-7,10-12H2. The van der Waals surface area contributed by atoms with Crippen LogP contribution >= 0.6 is 0 Å². The summed E-state index contributed by atoms with van der Waals surface area (Å²) < 4.78 is 5.48. The molecule has 0 radical (unpaired) electrons. The Labute approximate surface area is 114 Å². The van der Waals surface area contributed by atoms with Gasteiger partial charge >= 0.3 is 0 Å². The van der Waals surface area contributed by atoms with Gasteiger partial charge in [-0.05, 0) is 25.0 Å². The third kappa shape index (κ3) is 3.96. The van der Waals surface area contributed by atoms with Crippen LogP contribution in [0.1, 0.15) is 25.7 Å². The number of para-hydroxylation sites is 1. The zero-order chi connectivity index (χ0) is 13.5. The lowest BCUT2D eigenvalue weighted by molar-refractivity contribution is -0.136. The Bertz CT molecular complexity index is 388. The molecule has 0 saturated heterocycles. The van der Waals surface area contributed by atoms with Crippen molar-refractivity contribution < 1.29 is 14.6 Å². The predicted molar refractivity (Wildman–Crippen MR) is 73.0 cm³/mol. The predicted octanol–water partition coefficient (Wildman–Crippen LogP) is 1.83. The second-order valence-electron chi connectivity index (χ2n) is 4.85. The second kappa shape index (κ2) is 7.14. The number of benzene rings is 1. The summed E-state index contributed by atoms with van der Waals surface area (Å²) in [4.78, 5) is 14.0. The lowest BCUT2D eigenvalue weighted by atomic mass is 10.2. The average molecular weight is 263 g/mol. The van der Waals surface area contributed by atoms with Crippen molar-refractivity contribution in [2.24, 2.45) is 0 Å². The van der Waals surface area contributed by atoms with Crippen LogP contribution < -0.4 is 4.74 Å². The number of nitrogens with zero attached hydrogens (tertiary/aromatic N) is 1.